The van der Waals surface area contributed by atoms with Crippen LogP contribution in [0.15, 0.2) is 5.16 Å². The fourth-order valence-corrected chi connectivity index (χ4v) is 4.99. The molecule has 1 aromatic rings. The van der Waals surface area contributed by atoms with Gasteiger partial charge in [-0.3, -0.25) is 9.59 Å². The van der Waals surface area contributed by atoms with Crippen LogP contribution in [0.4, 0.5) is 0 Å². The molecule has 1 aromatic heterocycles. The Morgan fingerprint density at radius 3 is 3.00 bits per heavy atom. The fraction of sp³-hybridized carbons (Fsp3) is 0.700. The molecule has 0 saturated carbocycles. The summed E-state index contributed by atoms with van der Waals surface area (Å²) in [7, 11) is 1.68. The topological polar surface area (TPSA) is 127 Å². The van der Waals surface area contributed by atoms with Crippen LogP contribution in [0.25, 0.3) is 0 Å². The molecule has 2 aliphatic rings. The van der Waals surface area contributed by atoms with Gasteiger partial charge in [-0.25, -0.2) is 4.68 Å². The minimum absolute atomic E-state index is 0.0152. The minimum Gasteiger partial charge on any atom is -0.481 e. The first kappa shape index (κ1) is 14.6. The Balaban J connectivity index is 1.80. The SMILES string of the molecule is Cn1nnnc1SCC1(C(=O)O)CN2C(=O)C[C@H]2SC1N. The summed E-state index contributed by atoms with van der Waals surface area (Å²) >= 11 is 2.58. The Bertz CT molecular complexity index is 595. The van der Waals surface area contributed by atoms with E-state index in [-0.39, 0.29) is 23.6 Å². The molecule has 0 aliphatic carbocycles. The van der Waals surface area contributed by atoms with E-state index in [1.165, 1.54) is 28.2 Å². The number of aryl methyl sites for hydroxylation is 1. The Hall–Kier alpha value is -1.33. The van der Waals surface area contributed by atoms with Crippen LogP contribution in [0.5, 0.6) is 0 Å². The number of hydrogen-bond acceptors (Lipinski definition) is 8. The molecule has 1 amide bonds. The first-order valence-electron chi connectivity index (χ1n) is 6.23. The number of aliphatic carboxylic acids is 1. The molecule has 21 heavy (non-hydrogen) atoms. The lowest BCUT2D eigenvalue weighted by Gasteiger charge is -2.52. The van der Waals surface area contributed by atoms with E-state index in [1.807, 2.05) is 0 Å². The van der Waals surface area contributed by atoms with E-state index in [0.717, 1.165) is 0 Å². The average Bonchev–Trinajstić information content (AvgIpc) is 2.83. The van der Waals surface area contributed by atoms with Crippen LogP contribution in [0.2, 0.25) is 0 Å². The molecule has 2 unspecified atom stereocenters. The van der Waals surface area contributed by atoms with Crippen molar-refractivity contribution in [1.29, 1.82) is 0 Å². The fourth-order valence-electron chi connectivity index (χ4n) is 2.35. The monoisotopic (exact) mass is 330 g/mol. The molecule has 2 fully saturated rings. The number of carbonyl (C=O) groups excluding carboxylic acids is 1. The molecule has 9 nitrogen and oxygen atoms in total. The number of carbonyl (C=O) groups is 2. The molecule has 3 rings (SSSR count). The summed E-state index contributed by atoms with van der Waals surface area (Å²) < 4.78 is 1.47. The average molecular weight is 330 g/mol. The second-order valence-electron chi connectivity index (χ2n) is 5.07. The van der Waals surface area contributed by atoms with Gasteiger partial charge in [-0.05, 0) is 10.4 Å². The molecular weight excluding hydrogens is 316 g/mol. The van der Waals surface area contributed by atoms with E-state index < -0.39 is 16.8 Å². The number of hydrogen-bond donors (Lipinski definition) is 2. The number of β-lactam (4-membered cyclic amide) rings is 1. The zero-order valence-electron chi connectivity index (χ0n) is 11.2. The van der Waals surface area contributed by atoms with Gasteiger partial charge in [0.1, 0.15) is 5.41 Å². The Morgan fingerprint density at radius 1 is 1.67 bits per heavy atom. The highest BCUT2D eigenvalue weighted by Gasteiger charge is 2.56. The molecule has 3 heterocycles. The third-order valence-electron chi connectivity index (χ3n) is 3.78. The first-order valence-corrected chi connectivity index (χ1v) is 8.16. The molecule has 114 valence electrons. The molecule has 0 bridgehead atoms. The summed E-state index contributed by atoms with van der Waals surface area (Å²) in [6.07, 6.45) is 0.439. The molecule has 0 radical (unpaired) electrons. The summed E-state index contributed by atoms with van der Waals surface area (Å²) in [4.78, 5) is 25.0. The highest BCUT2D eigenvalue weighted by atomic mass is 32.2. The number of rotatable bonds is 4. The van der Waals surface area contributed by atoms with Crippen molar-refractivity contribution < 1.29 is 14.7 Å². The predicted octanol–water partition coefficient (Wildman–Crippen LogP) is -1.04. The maximum absolute atomic E-state index is 11.8. The maximum Gasteiger partial charge on any atom is 0.314 e. The van der Waals surface area contributed by atoms with Crippen LogP contribution in [-0.2, 0) is 16.6 Å². The van der Waals surface area contributed by atoms with Gasteiger partial charge in [0.15, 0.2) is 0 Å². The Morgan fingerprint density at radius 2 is 2.43 bits per heavy atom. The zero-order valence-corrected chi connectivity index (χ0v) is 12.8. The highest BCUT2D eigenvalue weighted by molar-refractivity contribution is 8.01. The molecular formula is C10H14N6O3S2. The Labute approximate surface area is 128 Å². The van der Waals surface area contributed by atoms with Crippen LogP contribution in [0.3, 0.4) is 0 Å². The van der Waals surface area contributed by atoms with Gasteiger partial charge in [0.2, 0.25) is 11.1 Å². The van der Waals surface area contributed by atoms with Crippen LogP contribution in [0, 0.1) is 5.41 Å². The molecule has 11 heteroatoms. The Kier molecular flexibility index (Phi) is 3.58. The standard InChI is InChI=1S/C10H14N6O3S2/c1-15-9(12-13-14-15)20-4-10(8(18)19)3-16-5(17)2-6(16)21-7(10)11/h6-7H,2-4,11H2,1H3,(H,18,19)/t6-,7?,10?/m1/s1. The number of aromatic nitrogens is 4. The van der Waals surface area contributed by atoms with Crippen molar-refractivity contribution in [3.8, 4) is 0 Å². The number of amides is 1. The summed E-state index contributed by atoms with van der Waals surface area (Å²) in [5.41, 5.74) is 4.90. The summed E-state index contributed by atoms with van der Waals surface area (Å²) in [6, 6.07) is 0. The lowest BCUT2D eigenvalue weighted by Crippen LogP contribution is -2.66. The van der Waals surface area contributed by atoms with Crippen LogP contribution in [-0.4, -0.2) is 65.1 Å². The van der Waals surface area contributed by atoms with Crippen molar-refractivity contribution in [3.63, 3.8) is 0 Å². The van der Waals surface area contributed by atoms with Gasteiger partial charge in [-0.1, -0.05) is 11.8 Å². The largest absolute Gasteiger partial charge is 0.481 e. The van der Waals surface area contributed by atoms with Gasteiger partial charge in [0.05, 0.1) is 17.2 Å². The van der Waals surface area contributed by atoms with E-state index in [9.17, 15) is 14.7 Å². The van der Waals surface area contributed by atoms with Crippen molar-refractivity contribution in [3.05, 3.63) is 0 Å². The van der Waals surface area contributed by atoms with Crippen molar-refractivity contribution in [1.82, 2.24) is 25.1 Å². The first-order chi connectivity index (χ1) is 9.94. The van der Waals surface area contributed by atoms with Crippen LogP contribution in [0.1, 0.15) is 6.42 Å². The zero-order chi connectivity index (χ0) is 15.2. The highest BCUT2D eigenvalue weighted by Crippen LogP contribution is 2.46. The second-order valence-corrected chi connectivity index (χ2v) is 7.34. The number of thioether (sulfide) groups is 2. The normalized spacial score (nSPS) is 31.7. The summed E-state index contributed by atoms with van der Waals surface area (Å²) in [5, 5.41) is 20.7. The van der Waals surface area contributed by atoms with E-state index in [0.29, 0.717) is 11.6 Å². The molecule has 0 aromatic carbocycles. The summed E-state index contributed by atoms with van der Waals surface area (Å²) in [6.45, 7) is 0.137. The quantitative estimate of drug-likeness (QED) is 0.525. The molecule has 0 spiro atoms. The molecule has 3 N–H and O–H groups in total. The number of nitrogens with two attached hydrogens (primary N) is 1. The molecule has 3 atom stereocenters. The second kappa shape index (κ2) is 5.14. The van der Waals surface area contributed by atoms with Crippen molar-refractivity contribution in [2.24, 2.45) is 18.2 Å². The third-order valence-corrected chi connectivity index (χ3v) is 6.53. The van der Waals surface area contributed by atoms with E-state index in [1.54, 1.807) is 11.9 Å². The van der Waals surface area contributed by atoms with Gasteiger partial charge in [-0.2, -0.15) is 0 Å². The van der Waals surface area contributed by atoms with Gasteiger partial charge in [0.25, 0.3) is 0 Å². The summed E-state index contributed by atoms with van der Waals surface area (Å²) in [5.74, 6) is -0.806. The lowest BCUT2D eigenvalue weighted by molar-refractivity contribution is -0.155. The maximum atomic E-state index is 11.8. The van der Waals surface area contributed by atoms with E-state index in [4.69, 9.17) is 5.73 Å². The number of tetrazole rings is 1. The third kappa shape index (κ3) is 2.28. The van der Waals surface area contributed by atoms with Gasteiger partial charge in [-0.15, -0.1) is 16.9 Å². The number of fused-ring (bicyclic) bond motifs is 1. The van der Waals surface area contributed by atoms with Crippen molar-refractivity contribution >= 4 is 35.4 Å². The van der Waals surface area contributed by atoms with Gasteiger partial charge < -0.3 is 15.7 Å². The van der Waals surface area contributed by atoms with Crippen LogP contribution >= 0.6 is 23.5 Å². The lowest BCUT2D eigenvalue weighted by atomic mass is 9.87. The molecule has 2 aliphatic heterocycles. The predicted molar refractivity (Wildman–Crippen MR) is 75.3 cm³/mol. The van der Waals surface area contributed by atoms with Crippen LogP contribution < -0.4 is 5.73 Å². The van der Waals surface area contributed by atoms with Crippen molar-refractivity contribution in [2.45, 2.75) is 22.3 Å². The molecule has 2 saturated heterocycles. The number of carboxylic acids is 1. The smallest absolute Gasteiger partial charge is 0.314 e. The number of nitrogens with zero attached hydrogens (tertiary/aromatic N) is 5. The number of carboxylic acid groups (broad SMARTS) is 1. The van der Waals surface area contributed by atoms with Gasteiger partial charge >= 0.3 is 5.97 Å². The van der Waals surface area contributed by atoms with Crippen molar-refractivity contribution in [2.75, 3.05) is 12.3 Å². The minimum atomic E-state index is -1.20. The van der Waals surface area contributed by atoms with E-state index >= 15 is 0 Å². The van der Waals surface area contributed by atoms with Gasteiger partial charge in [0, 0.05) is 19.3 Å². The van der Waals surface area contributed by atoms with E-state index in [2.05, 4.69) is 15.5 Å².